The van der Waals surface area contributed by atoms with Crippen LogP contribution in [-0.2, 0) is 17.7 Å². The molecular weight excluding hydrogens is 334 g/mol. The van der Waals surface area contributed by atoms with Crippen molar-refractivity contribution in [2.24, 2.45) is 0 Å². The number of nitrogens with zero attached hydrogens (tertiary/aromatic N) is 2. The Bertz CT molecular complexity index is 795. The molecule has 0 saturated carbocycles. The first kappa shape index (κ1) is 17.8. The zero-order chi connectivity index (χ0) is 18.7. The highest BCUT2D eigenvalue weighted by molar-refractivity contribution is 5.99. The lowest BCUT2D eigenvalue weighted by molar-refractivity contribution is 0.0221. The number of aromatic amines is 1. The third-order valence-corrected chi connectivity index (χ3v) is 3.85. The Morgan fingerprint density at radius 2 is 1.92 bits per heavy atom. The number of fused-ring (bicyclic) bond motifs is 1. The average molecular weight is 357 g/mol. The maximum absolute atomic E-state index is 12.2. The van der Waals surface area contributed by atoms with Crippen LogP contribution in [0, 0.1) is 0 Å². The van der Waals surface area contributed by atoms with Gasteiger partial charge in [0.15, 0.2) is 5.82 Å². The maximum atomic E-state index is 12.2. The number of carbonyl (C=O) groups is 2. The minimum Gasteiger partial charge on any atom is -0.444 e. The van der Waals surface area contributed by atoms with Crippen LogP contribution >= 0.6 is 0 Å². The van der Waals surface area contributed by atoms with Crippen molar-refractivity contribution in [3.63, 3.8) is 0 Å². The molecule has 0 aliphatic carbocycles. The lowest BCUT2D eigenvalue weighted by Gasteiger charge is -2.29. The Morgan fingerprint density at radius 3 is 2.62 bits per heavy atom. The fourth-order valence-corrected chi connectivity index (χ4v) is 2.70. The number of carbonyl (C=O) groups excluding carboxylic acids is 2. The van der Waals surface area contributed by atoms with Crippen molar-refractivity contribution in [2.75, 3.05) is 17.2 Å². The number of hydrogen-bond acceptors (Lipinski definition) is 4. The Kier molecular flexibility index (Phi) is 4.83. The topological polar surface area (TPSA) is 99.3 Å². The number of urea groups is 1. The van der Waals surface area contributed by atoms with Crippen LogP contribution in [0.2, 0.25) is 0 Å². The summed E-state index contributed by atoms with van der Waals surface area (Å²) in [4.78, 5) is 26.0. The van der Waals surface area contributed by atoms with Gasteiger partial charge in [0.1, 0.15) is 5.60 Å². The van der Waals surface area contributed by atoms with Gasteiger partial charge >= 0.3 is 12.1 Å². The number of anilines is 2. The van der Waals surface area contributed by atoms with Crippen LogP contribution in [0.4, 0.5) is 21.1 Å². The summed E-state index contributed by atoms with van der Waals surface area (Å²) < 4.78 is 5.40. The van der Waals surface area contributed by atoms with E-state index in [2.05, 4.69) is 20.8 Å². The number of ether oxygens (including phenoxy) is 1. The Morgan fingerprint density at radius 1 is 1.19 bits per heavy atom. The van der Waals surface area contributed by atoms with Gasteiger partial charge in [-0.15, -0.1) is 0 Å². The number of rotatable bonds is 2. The number of nitrogens with one attached hydrogen (secondary N) is 3. The molecule has 0 fully saturated rings. The second-order valence-electron chi connectivity index (χ2n) is 7.13. The molecule has 2 aromatic rings. The summed E-state index contributed by atoms with van der Waals surface area (Å²) in [7, 11) is 0. The molecule has 2 heterocycles. The van der Waals surface area contributed by atoms with E-state index in [0.717, 1.165) is 11.3 Å². The molecule has 8 nitrogen and oxygen atoms in total. The molecule has 0 spiro atoms. The van der Waals surface area contributed by atoms with Gasteiger partial charge in [0.25, 0.3) is 0 Å². The van der Waals surface area contributed by atoms with E-state index in [9.17, 15) is 9.59 Å². The van der Waals surface area contributed by atoms with Gasteiger partial charge in [0, 0.05) is 17.8 Å². The van der Waals surface area contributed by atoms with Gasteiger partial charge in [-0.3, -0.25) is 10.4 Å². The van der Waals surface area contributed by atoms with Crippen molar-refractivity contribution in [3.05, 3.63) is 41.6 Å². The van der Waals surface area contributed by atoms with Crippen LogP contribution in [0.1, 0.15) is 32.0 Å². The summed E-state index contributed by atoms with van der Waals surface area (Å²) in [5.41, 5.74) is 1.88. The third-order valence-electron chi connectivity index (χ3n) is 3.85. The van der Waals surface area contributed by atoms with Crippen molar-refractivity contribution in [3.8, 4) is 0 Å². The van der Waals surface area contributed by atoms with Gasteiger partial charge in [-0.2, -0.15) is 5.10 Å². The first-order chi connectivity index (χ1) is 12.3. The molecule has 1 aromatic carbocycles. The van der Waals surface area contributed by atoms with Crippen LogP contribution in [0.5, 0.6) is 0 Å². The summed E-state index contributed by atoms with van der Waals surface area (Å²) in [6.45, 7) is 6.40. The summed E-state index contributed by atoms with van der Waals surface area (Å²) in [6.07, 6.45) is 0.237. The molecule has 1 aliphatic heterocycles. The second kappa shape index (κ2) is 7.07. The molecule has 0 saturated heterocycles. The standard InChI is InChI=1S/C18H23N5O3/c1-18(2,3)26-17(25)23-10-9-13-14(11-23)21-22-15(13)20-16(24)19-12-7-5-4-6-8-12/h4-8H,9-11H2,1-3H3,(H3,19,20,21,22,24). The van der Waals surface area contributed by atoms with Crippen LogP contribution in [0.15, 0.2) is 30.3 Å². The lowest BCUT2D eigenvalue weighted by atomic mass is 10.1. The van der Waals surface area contributed by atoms with Crippen molar-refractivity contribution >= 4 is 23.6 Å². The molecule has 1 aliphatic rings. The van der Waals surface area contributed by atoms with E-state index in [1.54, 1.807) is 17.0 Å². The fraction of sp³-hybridized carbons (Fsp3) is 0.389. The molecule has 3 N–H and O–H groups in total. The summed E-state index contributed by atoms with van der Waals surface area (Å²) in [5.74, 6) is 0.484. The van der Waals surface area contributed by atoms with Crippen LogP contribution < -0.4 is 10.6 Å². The molecule has 0 unspecified atom stereocenters. The number of para-hydroxylation sites is 1. The van der Waals surface area contributed by atoms with Crippen molar-refractivity contribution < 1.29 is 14.3 Å². The minimum absolute atomic E-state index is 0.353. The van der Waals surface area contributed by atoms with Crippen LogP contribution in [-0.4, -0.2) is 39.4 Å². The zero-order valence-electron chi connectivity index (χ0n) is 15.1. The number of amides is 3. The molecule has 3 amide bonds. The molecular formula is C18H23N5O3. The van der Waals surface area contributed by atoms with E-state index in [4.69, 9.17) is 4.74 Å². The quantitative estimate of drug-likeness (QED) is 0.767. The molecule has 26 heavy (non-hydrogen) atoms. The number of hydrogen-bond donors (Lipinski definition) is 3. The third kappa shape index (κ3) is 4.33. The minimum atomic E-state index is -0.534. The van der Waals surface area contributed by atoms with Crippen LogP contribution in [0.25, 0.3) is 0 Å². The predicted molar refractivity (Wildman–Crippen MR) is 98.0 cm³/mol. The largest absolute Gasteiger partial charge is 0.444 e. The molecule has 3 rings (SSSR count). The SMILES string of the molecule is CC(C)(C)OC(=O)N1CCc2c(NC(=O)Nc3ccccc3)n[nH]c2C1. The highest BCUT2D eigenvalue weighted by Crippen LogP contribution is 2.25. The lowest BCUT2D eigenvalue weighted by Crippen LogP contribution is -2.40. The van der Waals surface area contributed by atoms with Gasteiger partial charge in [0.05, 0.1) is 12.2 Å². The molecule has 0 radical (unpaired) electrons. The fourth-order valence-electron chi connectivity index (χ4n) is 2.70. The Hall–Kier alpha value is -3.03. The Labute approximate surface area is 151 Å². The van der Waals surface area contributed by atoms with Gasteiger partial charge in [0.2, 0.25) is 0 Å². The van der Waals surface area contributed by atoms with E-state index in [1.807, 2.05) is 39.0 Å². The smallest absolute Gasteiger partial charge is 0.410 e. The zero-order valence-corrected chi connectivity index (χ0v) is 15.1. The average Bonchev–Trinajstić information content (AvgIpc) is 2.96. The van der Waals surface area contributed by atoms with Gasteiger partial charge in [-0.25, -0.2) is 9.59 Å². The highest BCUT2D eigenvalue weighted by atomic mass is 16.6. The summed E-state index contributed by atoms with van der Waals surface area (Å²) >= 11 is 0. The Balaban J connectivity index is 1.62. The molecule has 0 atom stereocenters. The van der Waals surface area contributed by atoms with E-state index >= 15 is 0 Å². The van der Waals surface area contributed by atoms with E-state index in [-0.39, 0.29) is 12.1 Å². The monoisotopic (exact) mass is 357 g/mol. The normalized spacial score (nSPS) is 13.7. The van der Waals surface area contributed by atoms with Gasteiger partial charge in [-0.05, 0) is 39.3 Å². The van der Waals surface area contributed by atoms with E-state index in [1.165, 1.54) is 0 Å². The van der Waals surface area contributed by atoms with Crippen molar-refractivity contribution in [1.82, 2.24) is 15.1 Å². The number of benzene rings is 1. The summed E-state index contributed by atoms with van der Waals surface area (Å²) in [6, 6.07) is 8.81. The number of H-pyrrole nitrogens is 1. The molecule has 8 heteroatoms. The summed E-state index contributed by atoms with van der Waals surface area (Å²) in [5, 5.41) is 12.6. The first-order valence-electron chi connectivity index (χ1n) is 8.49. The predicted octanol–water partition coefficient (Wildman–Crippen LogP) is 3.35. The number of aromatic nitrogens is 2. The van der Waals surface area contributed by atoms with Gasteiger partial charge < -0.3 is 15.0 Å². The van der Waals surface area contributed by atoms with Gasteiger partial charge in [-0.1, -0.05) is 18.2 Å². The highest BCUT2D eigenvalue weighted by Gasteiger charge is 2.28. The van der Waals surface area contributed by atoms with E-state index in [0.29, 0.717) is 31.0 Å². The first-order valence-corrected chi connectivity index (χ1v) is 8.49. The van der Waals surface area contributed by atoms with Crippen LogP contribution in [0.3, 0.4) is 0 Å². The van der Waals surface area contributed by atoms with Crippen molar-refractivity contribution in [1.29, 1.82) is 0 Å². The molecule has 138 valence electrons. The second-order valence-corrected chi connectivity index (χ2v) is 7.13. The maximum Gasteiger partial charge on any atom is 0.410 e. The molecule has 0 bridgehead atoms. The van der Waals surface area contributed by atoms with E-state index < -0.39 is 5.60 Å². The molecule has 1 aromatic heterocycles. The van der Waals surface area contributed by atoms with Crippen molar-refractivity contribution in [2.45, 2.75) is 39.3 Å².